The summed E-state index contributed by atoms with van der Waals surface area (Å²) < 4.78 is 11.2. The highest BCUT2D eigenvalue weighted by Gasteiger charge is 2.18. The van der Waals surface area contributed by atoms with Gasteiger partial charge in [-0.15, -0.1) is 0 Å². The highest BCUT2D eigenvalue weighted by atomic mass is 79.9. The van der Waals surface area contributed by atoms with E-state index in [2.05, 4.69) is 20.9 Å². The Bertz CT molecular complexity index is 388. The zero-order chi connectivity index (χ0) is 10.7. The molecule has 1 unspecified atom stereocenters. The van der Waals surface area contributed by atoms with Gasteiger partial charge in [-0.2, -0.15) is 4.99 Å². The SMILES string of the molecule is O=C1N=CC(COc2ccc(Br)cc2)O1. The predicted molar refractivity (Wildman–Crippen MR) is 58.4 cm³/mol. The molecule has 0 saturated heterocycles. The standard InChI is InChI=1S/C10H8BrNO3/c11-7-1-3-8(4-2-7)14-6-9-5-12-10(13)15-9/h1-5,9H,6H2. The maximum Gasteiger partial charge on any atom is 0.434 e. The number of amides is 1. The molecular formula is C10H8BrNO3. The predicted octanol–water partition coefficient (Wildman–Crippen LogP) is 2.42. The first-order valence-corrected chi connectivity index (χ1v) is 5.16. The fourth-order valence-corrected chi connectivity index (χ4v) is 1.38. The second-order valence-electron chi connectivity index (χ2n) is 2.97. The van der Waals surface area contributed by atoms with Crippen molar-refractivity contribution in [2.75, 3.05) is 6.61 Å². The van der Waals surface area contributed by atoms with Crippen molar-refractivity contribution < 1.29 is 14.3 Å². The van der Waals surface area contributed by atoms with E-state index in [-0.39, 0.29) is 12.7 Å². The van der Waals surface area contributed by atoms with Crippen molar-refractivity contribution in [1.29, 1.82) is 0 Å². The molecule has 0 radical (unpaired) electrons. The third-order valence-corrected chi connectivity index (χ3v) is 2.35. The lowest BCUT2D eigenvalue weighted by Crippen LogP contribution is -2.19. The Labute approximate surface area is 95.0 Å². The van der Waals surface area contributed by atoms with Crippen LogP contribution in [0.25, 0.3) is 0 Å². The maximum atomic E-state index is 10.6. The number of hydrogen-bond acceptors (Lipinski definition) is 3. The molecule has 5 heteroatoms. The van der Waals surface area contributed by atoms with Gasteiger partial charge in [-0.05, 0) is 24.3 Å². The van der Waals surface area contributed by atoms with Crippen molar-refractivity contribution in [2.24, 2.45) is 4.99 Å². The molecule has 1 amide bonds. The lowest BCUT2D eigenvalue weighted by atomic mass is 10.3. The monoisotopic (exact) mass is 269 g/mol. The summed E-state index contributed by atoms with van der Waals surface area (Å²) >= 11 is 3.32. The first-order valence-electron chi connectivity index (χ1n) is 4.37. The van der Waals surface area contributed by atoms with Crippen molar-refractivity contribution >= 4 is 28.2 Å². The van der Waals surface area contributed by atoms with E-state index in [0.717, 1.165) is 10.2 Å². The van der Waals surface area contributed by atoms with Crippen LogP contribution in [-0.2, 0) is 4.74 Å². The van der Waals surface area contributed by atoms with Gasteiger partial charge in [-0.1, -0.05) is 15.9 Å². The Morgan fingerprint density at radius 1 is 1.40 bits per heavy atom. The molecule has 1 aliphatic heterocycles. The summed E-state index contributed by atoms with van der Waals surface area (Å²) in [6, 6.07) is 7.42. The van der Waals surface area contributed by atoms with E-state index in [4.69, 9.17) is 9.47 Å². The van der Waals surface area contributed by atoms with Crippen LogP contribution in [-0.4, -0.2) is 25.0 Å². The normalized spacial score (nSPS) is 19.0. The van der Waals surface area contributed by atoms with Gasteiger partial charge in [0.15, 0.2) is 6.10 Å². The van der Waals surface area contributed by atoms with Crippen molar-refractivity contribution in [2.45, 2.75) is 6.10 Å². The summed E-state index contributed by atoms with van der Waals surface area (Å²) in [5.74, 6) is 0.731. The molecule has 1 heterocycles. The third kappa shape index (κ3) is 2.79. The summed E-state index contributed by atoms with van der Waals surface area (Å²) in [6.07, 6.45) is 0.516. The van der Waals surface area contributed by atoms with Crippen LogP contribution in [0.15, 0.2) is 33.7 Å². The number of carbonyl (C=O) groups is 1. The van der Waals surface area contributed by atoms with Gasteiger partial charge in [-0.3, -0.25) is 0 Å². The summed E-state index contributed by atoms with van der Waals surface area (Å²) in [7, 11) is 0. The molecule has 78 valence electrons. The van der Waals surface area contributed by atoms with Crippen LogP contribution in [0.5, 0.6) is 5.75 Å². The number of benzene rings is 1. The number of rotatable bonds is 3. The number of hydrogen-bond donors (Lipinski definition) is 0. The minimum absolute atomic E-state index is 0.289. The van der Waals surface area contributed by atoms with Crippen LogP contribution in [0.3, 0.4) is 0 Å². The van der Waals surface area contributed by atoms with Gasteiger partial charge < -0.3 is 9.47 Å². The van der Waals surface area contributed by atoms with Crippen molar-refractivity contribution in [3.05, 3.63) is 28.7 Å². The second kappa shape index (κ2) is 4.44. The minimum atomic E-state index is -0.556. The van der Waals surface area contributed by atoms with Crippen LogP contribution >= 0.6 is 15.9 Å². The Morgan fingerprint density at radius 2 is 2.13 bits per heavy atom. The van der Waals surface area contributed by atoms with Crippen molar-refractivity contribution in [3.8, 4) is 5.75 Å². The average Bonchev–Trinajstić information content (AvgIpc) is 2.64. The van der Waals surface area contributed by atoms with Crippen LogP contribution < -0.4 is 4.74 Å². The van der Waals surface area contributed by atoms with Gasteiger partial charge in [0.2, 0.25) is 0 Å². The number of ether oxygens (including phenoxy) is 2. The van der Waals surface area contributed by atoms with E-state index in [0.29, 0.717) is 0 Å². The fraction of sp³-hybridized carbons (Fsp3) is 0.200. The van der Waals surface area contributed by atoms with Gasteiger partial charge in [0.25, 0.3) is 0 Å². The zero-order valence-electron chi connectivity index (χ0n) is 7.72. The number of halogens is 1. The largest absolute Gasteiger partial charge is 0.489 e. The number of nitrogens with zero attached hydrogens (tertiary/aromatic N) is 1. The molecule has 15 heavy (non-hydrogen) atoms. The molecule has 0 aromatic heterocycles. The van der Waals surface area contributed by atoms with E-state index < -0.39 is 6.09 Å². The third-order valence-electron chi connectivity index (χ3n) is 1.83. The Hall–Kier alpha value is -1.36. The van der Waals surface area contributed by atoms with E-state index >= 15 is 0 Å². The van der Waals surface area contributed by atoms with E-state index in [1.54, 1.807) is 0 Å². The highest BCUT2D eigenvalue weighted by Crippen LogP contribution is 2.16. The second-order valence-corrected chi connectivity index (χ2v) is 3.88. The maximum absolute atomic E-state index is 10.6. The molecule has 1 aliphatic rings. The summed E-state index contributed by atoms with van der Waals surface area (Å²) in [6.45, 7) is 0.289. The molecule has 2 rings (SSSR count). The fourth-order valence-electron chi connectivity index (χ4n) is 1.12. The van der Waals surface area contributed by atoms with E-state index in [1.807, 2.05) is 24.3 Å². The molecule has 0 fully saturated rings. The first kappa shape index (κ1) is 10.2. The number of aliphatic imine (C=N–C) groups is 1. The molecule has 0 bridgehead atoms. The van der Waals surface area contributed by atoms with E-state index in [9.17, 15) is 4.79 Å². The van der Waals surface area contributed by atoms with Gasteiger partial charge in [0, 0.05) is 4.47 Å². The Morgan fingerprint density at radius 3 is 2.73 bits per heavy atom. The van der Waals surface area contributed by atoms with Crippen LogP contribution in [0, 0.1) is 0 Å². The summed E-state index contributed by atoms with van der Waals surface area (Å²) in [5, 5.41) is 0. The highest BCUT2D eigenvalue weighted by molar-refractivity contribution is 9.10. The molecule has 1 aromatic rings. The molecule has 0 spiro atoms. The number of carbonyl (C=O) groups excluding carboxylic acids is 1. The molecule has 0 N–H and O–H groups in total. The molecule has 1 atom stereocenters. The Balaban J connectivity index is 1.86. The molecule has 0 saturated carbocycles. The van der Waals surface area contributed by atoms with E-state index in [1.165, 1.54) is 6.21 Å². The van der Waals surface area contributed by atoms with Crippen LogP contribution in [0.2, 0.25) is 0 Å². The molecule has 0 aliphatic carbocycles. The van der Waals surface area contributed by atoms with Gasteiger partial charge in [0.05, 0.1) is 6.21 Å². The first-order chi connectivity index (χ1) is 7.24. The van der Waals surface area contributed by atoms with Gasteiger partial charge >= 0.3 is 6.09 Å². The Kier molecular flexibility index (Phi) is 3.01. The van der Waals surface area contributed by atoms with Gasteiger partial charge in [-0.25, -0.2) is 4.79 Å². The lowest BCUT2D eigenvalue weighted by molar-refractivity contribution is 0.119. The molecule has 1 aromatic carbocycles. The summed E-state index contributed by atoms with van der Waals surface area (Å²) in [4.78, 5) is 14.1. The molecular weight excluding hydrogens is 262 g/mol. The summed E-state index contributed by atoms with van der Waals surface area (Å²) in [5.41, 5.74) is 0. The van der Waals surface area contributed by atoms with Crippen LogP contribution in [0.1, 0.15) is 0 Å². The quantitative estimate of drug-likeness (QED) is 0.847. The number of cyclic esters (lactones) is 1. The van der Waals surface area contributed by atoms with Gasteiger partial charge in [0.1, 0.15) is 12.4 Å². The van der Waals surface area contributed by atoms with Crippen molar-refractivity contribution in [3.63, 3.8) is 0 Å². The molecule has 4 nitrogen and oxygen atoms in total. The smallest absolute Gasteiger partial charge is 0.434 e. The van der Waals surface area contributed by atoms with Crippen LogP contribution in [0.4, 0.5) is 4.79 Å². The lowest BCUT2D eigenvalue weighted by Gasteiger charge is -2.09. The zero-order valence-corrected chi connectivity index (χ0v) is 9.31. The van der Waals surface area contributed by atoms with Crippen molar-refractivity contribution in [1.82, 2.24) is 0 Å². The topological polar surface area (TPSA) is 47.9 Å². The average molecular weight is 270 g/mol. The minimum Gasteiger partial charge on any atom is -0.489 e.